The van der Waals surface area contributed by atoms with Gasteiger partial charge in [0.2, 0.25) is 0 Å². The Labute approximate surface area is 147 Å². The highest BCUT2D eigenvalue weighted by atomic mass is 35.5. The lowest BCUT2D eigenvalue weighted by Crippen LogP contribution is -2.37. The molecule has 0 bridgehead atoms. The molecule has 1 aromatic carbocycles. The maximum absolute atomic E-state index is 12.4. The first-order valence-electron chi connectivity index (χ1n) is 8.23. The van der Waals surface area contributed by atoms with Crippen LogP contribution in [-0.2, 0) is 14.3 Å². The number of amides is 1. The van der Waals surface area contributed by atoms with E-state index in [0.717, 1.165) is 25.5 Å². The molecule has 132 valence electrons. The second-order valence-electron chi connectivity index (χ2n) is 6.79. The predicted molar refractivity (Wildman–Crippen MR) is 92.4 cm³/mol. The number of halogens is 1. The SMILES string of the molecule is CC[C@@H](NC(=O)c1ccc(Cl)cc1)C1C2CC(OS(C)(=O)=O)CC21. The van der Waals surface area contributed by atoms with Crippen LogP contribution in [0.3, 0.4) is 0 Å². The summed E-state index contributed by atoms with van der Waals surface area (Å²) in [5.41, 5.74) is 0.599. The molecule has 3 atom stereocenters. The summed E-state index contributed by atoms with van der Waals surface area (Å²) < 4.78 is 27.5. The van der Waals surface area contributed by atoms with Crippen LogP contribution in [0.5, 0.6) is 0 Å². The summed E-state index contributed by atoms with van der Waals surface area (Å²) in [5, 5.41) is 3.72. The first-order valence-corrected chi connectivity index (χ1v) is 10.4. The van der Waals surface area contributed by atoms with Gasteiger partial charge in [-0.15, -0.1) is 0 Å². The minimum absolute atomic E-state index is 0.0903. The van der Waals surface area contributed by atoms with Crippen LogP contribution in [0.1, 0.15) is 36.5 Å². The second kappa shape index (κ2) is 6.65. The fraction of sp³-hybridized carbons (Fsp3) is 0.588. The average molecular weight is 372 g/mol. The van der Waals surface area contributed by atoms with Crippen molar-refractivity contribution in [3.63, 3.8) is 0 Å². The topological polar surface area (TPSA) is 72.5 Å². The minimum atomic E-state index is -3.39. The third-order valence-electron chi connectivity index (χ3n) is 5.11. The number of hydrogen-bond donors (Lipinski definition) is 1. The summed E-state index contributed by atoms with van der Waals surface area (Å²) in [6, 6.07) is 6.96. The number of carbonyl (C=O) groups is 1. The molecule has 1 amide bonds. The largest absolute Gasteiger partial charge is 0.349 e. The van der Waals surface area contributed by atoms with Gasteiger partial charge in [-0.2, -0.15) is 8.42 Å². The molecule has 2 saturated carbocycles. The van der Waals surface area contributed by atoms with Crippen molar-refractivity contribution in [1.82, 2.24) is 5.32 Å². The van der Waals surface area contributed by atoms with E-state index in [9.17, 15) is 13.2 Å². The lowest BCUT2D eigenvalue weighted by atomic mass is 10.0. The van der Waals surface area contributed by atoms with E-state index in [1.165, 1.54) is 0 Å². The van der Waals surface area contributed by atoms with Gasteiger partial charge in [0, 0.05) is 16.6 Å². The molecular weight excluding hydrogens is 350 g/mol. The Morgan fingerprint density at radius 3 is 2.38 bits per heavy atom. The Hall–Kier alpha value is -1.11. The van der Waals surface area contributed by atoms with Gasteiger partial charge in [0.15, 0.2) is 0 Å². The fourth-order valence-electron chi connectivity index (χ4n) is 4.09. The number of nitrogens with one attached hydrogen (secondary N) is 1. The van der Waals surface area contributed by atoms with Crippen LogP contribution in [0.2, 0.25) is 5.02 Å². The van der Waals surface area contributed by atoms with Crippen LogP contribution in [0.25, 0.3) is 0 Å². The van der Waals surface area contributed by atoms with E-state index in [-0.39, 0.29) is 18.1 Å². The number of fused-ring (bicyclic) bond motifs is 1. The first kappa shape index (κ1) is 17.7. The van der Waals surface area contributed by atoms with Crippen molar-refractivity contribution in [2.24, 2.45) is 17.8 Å². The molecule has 0 radical (unpaired) electrons. The van der Waals surface area contributed by atoms with Crippen molar-refractivity contribution in [2.75, 3.05) is 6.26 Å². The molecule has 2 fully saturated rings. The molecule has 3 rings (SSSR count). The lowest BCUT2D eigenvalue weighted by molar-refractivity contribution is 0.0925. The molecule has 2 unspecified atom stereocenters. The monoisotopic (exact) mass is 371 g/mol. The molecule has 2 aliphatic rings. The molecule has 2 aliphatic carbocycles. The van der Waals surface area contributed by atoms with E-state index in [0.29, 0.717) is 28.3 Å². The standard InChI is InChI=1S/C17H22ClNO4S/c1-3-15(19-17(20)10-4-6-11(18)7-5-10)16-13-8-12(9-14(13)16)23-24(2,21)22/h4-7,12-16H,3,8-9H2,1-2H3,(H,19,20)/t12?,13?,14?,15-,16?/m1/s1. The fourth-order valence-corrected chi connectivity index (χ4v) is 4.87. The molecule has 24 heavy (non-hydrogen) atoms. The van der Waals surface area contributed by atoms with E-state index in [1.807, 2.05) is 0 Å². The maximum atomic E-state index is 12.4. The molecule has 0 aromatic heterocycles. The van der Waals surface area contributed by atoms with Gasteiger partial charge in [0.25, 0.3) is 16.0 Å². The Morgan fingerprint density at radius 1 is 1.29 bits per heavy atom. The summed E-state index contributed by atoms with van der Waals surface area (Å²) in [7, 11) is -3.39. The maximum Gasteiger partial charge on any atom is 0.264 e. The molecule has 5 nitrogen and oxygen atoms in total. The van der Waals surface area contributed by atoms with Crippen molar-refractivity contribution < 1.29 is 17.4 Å². The van der Waals surface area contributed by atoms with Crippen LogP contribution in [0.15, 0.2) is 24.3 Å². The van der Waals surface area contributed by atoms with Gasteiger partial charge in [0.05, 0.1) is 12.4 Å². The predicted octanol–water partition coefficient (Wildman–Crippen LogP) is 2.85. The first-order chi connectivity index (χ1) is 11.3. The smallest absolute Gasteiger partial charge is 0.264 e. The molecular formula is C17H22ClNO4S. The molecule has 7 heteroatoms. The van der Waals surface area contributed by atoms with Crippen LogP contribution in [0, 0.1) is 17.8 Å². The highest BCUT2D eigenvalue weighted by Gasteiger charge is 2.59. The number of hydrogen-bond acceptors (Lipinski definition) is 4. The van der Waals surface area contributed by atoms with Gasteiger partial charge in [-0.05, 0) is 61.3 Å². The quantitative estimate of drug-likeness (QED) is 0.780. The molecule has 0 heterocycles. The Bertz CT molecular complexity index is 707. The van der Waals surface area contributed by atoms with E-state index in [2.05, 4.69) is 12.2 Å². The van der Waals surface area contributed by atoms with E-state index < -0.39 is 10.1 Å². The minimum Gasteiger partial charge on any atom is -0.349 e. The van der Waals surface area contributed by atoms with Crippen molar-refractivity contribution in [2.45, 2.75) is 38.3 Å². The van der Waals surface area contributed by atoms with Gasteiger partial charge < -0.3 is 5.32 Å². The highest BCUT2D eigenvalue weighted by Crippen LogP contribution is 2.60. The Morgan fingerprint density at radius 2 is 1.88 bits per heavy atom. The zero-order valence-electron chi connectivity index (χ0n) is 13.7. The number of carbonyl (C=O) groups excluding carboxylic acids is 1. The van der Waals surface area contributed by atoms with Crippen molar-refractivity contribution >= 4 is 27.6 Å². The Balaban J connectivity index is 1.56. The lowest BCUT2D eigenvalue weighted by Gasteiger charge is -2.21. The summed E-state index contributed by atoms with van der Waals surface area (Å²) in [6.07, 6.45) is 3.27. The van der Waals surface area contributed by atoms with Gasteiger partial charge in [-0.3, -0.25) is 8.98 Å². The van der Waals surface area contributed by atoms with Crippen LogP contribution in [-0.4, -0.2) is 32.7 Å². The summed E-state index contributed by atoms with van der Waals surface area (Å²) in [5.74, 6) is 1.23. The second-order valence-corrected chi connectivity index (χ2v) is 8.83. The third-order valence-corrected chi connectivity index (χ3v) is 5.98. The van der Waals surface area contributed by atoms with Crippen molar-refractivity contribution in [1.29, 1.82) is 0 Å². The van der Waals surface area contributed by atoms with Crippen LogP contribution in [0.4, 0.5) is 0 Å². The number of benzene rings is 1. The molecule has 0 spiro atoms. The third kappa shape index (κ3) is 3.92. The van der Waals surface area contributed by atoms with E-state index in [1.54, 1.807) is 24.3 Å². The van der Waals surface area contributed by atoms with Crippen LogP contribution < -0.4 is 5.32 Å². The molecule has 1 aromatic rings. The zero-order valence-corrected chi connectivity index (χ0v) is 15.3. The highest BCUT2D eigenvalue weighted by molar-refractivity contribution is 7.86. The van der Waals surface area contributed by atoms with Gasteiger partial charge in [-0.25, -0.2) is 0 Å². The molecule has 1 N–H and O–H groups in total. The van der Waals surface area contributed by atoms with Gasteiger partial charge in [0.1, 0.15) is 0 Å². The van der Waals surface area contributed by atoms with E-state index >= 15 is 0 Å². The normalized spacial score (nSPS) is 29.8. The van der Waals surface area contributed by atoms with E-state index in [4.69, 9.17) is 15.8 Å². The van der Waals surface area contributed by atoms with Crippen molar-refractivity contribution in [3.05, 3.63) is 34.9 Å². The summed E-state index contributed by atoms with van der Waals surface area (Å²) in [6.45, 7) is 2.06. The van der Waals surface area contributed by atoms with Crippen LogP contribution >= 0.6 is 11.6 Å². The number of rotatable bonds is 6. The summed E-state index contributed by atoms with van der Waals surface area (Å²) in [4.78, 5) is 12.4. The zero-order chi connectivity index (χ0) is 17.5. The Kier molecular flexibility index (Phi) is 4.91. The van der Waals surface area contributed by atoms with Gasteiger partial charge >= 0.3 is 0 Å². The average Bonchev–Trinajstić information content (AvgIpc) is 2.98. The van der Waals surface area contributed by atoms with Crippen molar-refractivity contribution in [3.8, 4) is 0 Å². The molecule has 0 aliphatic heterocycles. The summed E-state index contributed by atoms with van der Waals surface area (Å²) >= 11 is 5.85. The van der Waals surface area contributed by atoms with Gasteiger partial charge in [-0.1, -0.05) is 18.5 Å². The molecule has 0 saturated heterocycles.